The van der Waals surface area contributed by atoms with Crippen LogP contribution < -0.4 is 0 Å². The summed E-state index contributed by atoms with van der Waals surface area (Å²) in [5.74, 6) is 0. The van der Waals surface area contributed by atoms with Crippen molar-refractivity contribution >= 4 is 40.5 Å². The first-order chi connectivity index (χ1) is 0. The first kappa shape index (κ1) is 42.3. The molecule has 0 spiro atoms. The Morgan fingerprint density at radius 2 is 0.600 bits per heavy atom. The Hall–Kier alpha value is 3.11. The third-order valence-electron chi connectivity index (χ3n) is 0. The molecular formula is CeMoS3. The van der Waals surface area contributed by atoms with Gasteiger partial charge in [0.1, 0.15) is 0 Å². The molecule has 0 radical (unpaired) electrons. The molecule has 0 amide bonds. The average Bonchev–Trinajstić information content (AvgIpc) is 0. The summed E-state index contributed by atoms with van der Waals surface area (Å²) in [5, 5.41) is 0. The van der Waals surface area contributed by atoms with Crippen molar-refractivity contribution in [1.82, 2.24) is 0 Å². The molecule has 0 bridgehead atoms. The van der Waals surface area contributed by atoms with Gasteiger partial charge in [-0.1, -0.05) is 0 Å². The monoisotopic (exact) mass is 334 g/mol. The second kappa shape index (κ2) is 27.4. The minimum atomic E-state index is 0. The first-order valence-corrected chi connectivity index (χ1v) is 0. The molecule has 0 fully saturated rings. The fourth-order valence-corrected chi connectivity index (χ4v) is 0. The molecule has 0 aliphatic rings. The van der Waals surface area contributed by atoms with Crippen molar-refractivity contribution in [2.45, 2.75) is 0 Å². The second-order valence-corrected chi connectivity index (χ2v) is 0. The molecule has 0 rings (SSSR count). The minimum absolute atomic E-state index is 0. The van der Waals surface area contributed by atoms with Crippen LogP contribution in [0.25, 0.3) is 0 Å². The first-order valence-electron chi connectivity index (χ1n) is 0. The van der Waals surface area contributed by atoms with Gasteiger partial charge in [0.05, 0.1) is 0 Å². The molecule has 0 heterocycles. The standard InChI is InChI=1S/Ce.Mo.3S/q;+6;3*-2. The van der Waals surface area contributed by atoms with Crippen molar-refractivity contribution in [3.05, 3.63) is 0 Å². The largest absolute Gasteiger partial charge is 6.00 e. The zero-order valence-corrected chi connectivity index (χ0v) is 9.73. The number of hydrogen-bond acceptors (Lipinski definition) is 0. The van der Waals surface area contributed by atoms with Crippen LogP contribution >= 0.6 is 0 Å². The molecule has 0 atom stereocenters. The molecular weight excluding hydrogens is 332 g/mol. The van der Waals surface area contributed by atoms with Crippen LogP contribution in [0.4, 0.5) is 0 Å². The third-order valence-corrected chi connectivity index (χ3v) is 0. The quantitative estimate of drug-likeness (QED) is 0.548. The van der Waals surface area contributed by atoms with Gasteiger partial charge in [-0.15, -0.1) is 0 Å². The molecule has 0 saturated carbocycles. The predicted molar refractivity (Wildman–Crippen MR) is 22.1 cm³/mol. The maximum absolute atomic E-state index is 0. The van der Waals surface area contributed by atoms with Gasteiger partial charge in [-0.2, -0.15) is 0 Å². The Labute approximate surface area is 101 Å². The van der Waals surface area contributed by atoms with E-state index < -0.39 is 0 Å². The van der Waals surface area contributed by atoms with E-state index in [1.165, 1.54) is 0 Å². The molecule has 0 aromatic carbocycles. The Kier molecular flexibility index (Phi) is 232. The van der Waals surface area contributed by atoms with Gasteiger partial charge in [0, 0.05) is 41.7 Å². The fraction of sp³-hybridized carbons (Fsp3) is 0. The Balaban J connectivity index is 0. The summed E-state index contributed by atoms with van der Waals surface area (Å²) in [4.78, 5) is 0. The summed E-state index contributed by atoms with van der Waals surface area (Å²) in [6.45, 7) is 0. The molecule has 5 heteroatoms. The summed E-state index contributed by atoms with van der Waals surface area (Å²) in [6, 6.07) is 0. The fourth-order valence-electron chi connectivity index (χ4n) is 0. The summed E-state index contributed by atoms with van der Waals surface area (Å²) in [6.07, 6.45) is 0. The van der Waals surface area contributed by atoms with Crippen molar-refractivity contribution in [2.24, 2.45) is 0 Å². The summed E-state index contributed by atoms with van der Waals surface area (Å²) in [5.41, 5.74) is 0. The van der Waals surface area contributed by atoms with Gasteiger partial charge in [-0.25, -0.2) is 0 Å². The molecule has 0 saturated heterocycles. The van der Waals surface area contributed by atoms with Gasteiger partial charge in [0.15, 0.2) is 0 Å². The van der Waals surface area contributed by atoms with Gasteiger partial charge in [0.2, 0.25) is 0 Å². The van der Waals surface area contributed by atoms with E-state index in [0.717, 1.165) is 0 Å². The van der Waals surface area contributed by atoms with Crippen LogP contribution in [0.2, 0.25) is 0 Å². The molecule has 0 aromatic rings. The second-order valence-electron chi connectivity index (χ2n) is 0. The van der Waals surface area contributed by atoms with E-state index in [0.29, 0.717) is 0 Å². The van der Waals surface area contributed by atoms with E-state index in [4.69, 9.17) is 0 Å². The van der Waals surface area contributed by atoms with Crippen LogP contribution in [0.5, 0.6) is 0 Å². The van der Waals surface area contributed by atoms with E-state index in [2.05, 4.69) is 0 Å². The normalized spacial score (nSPS) is 0. The zero-order chi connectivity index (χ0) is 0. The van der Waals surface area contributed by atoms with Gasteiger partial charge < -0.3 is 40.5 Å². The summed E-state index contributed by atoms with van der Waals surface area (Å²) < 4.78 is 0. The maximum Gasteiger partial charge on any atom is 6.00 e. The van der Waals surface area contributed by atoms with Gasteiger partial charge in [-0.3, -0.25) is 0 Å². The smallest absolute Gasteiger partial charge is 2.00 e. The Bertz CT molecular complexity index is 6.85. The molecule has 0 aliphatic heterocycles. The van der Waals surface area contributed by atoms with Crippen LogP contribution in [0, 0.1) is 41.7 Å². The van der Waals surface area contributed by atoms with Crippen LogP contribution in [0.15, 0.2) is 0 Å². The van der Waals surface area contributed by atoms with Crippen molar-refractivity contribution in [3.8, 4) is 0 Å². The summed E-state index contributed by atoms with van der Waals surface area (Å²) >= 11 is 0. The third kappa shape index (κ3) is 19.2. The predicted octanol–water partition coefficient (Wildman–Crippen LogP) is -0.00970. The van der Waals surface area contributed by atoms with Crippen molar-refractivity contribution in [3.63, 3.8) is 0 Å². The Morgan fingerprint density at radius 1 is 0.600 bits per heavy atom. The number of hydrogen-bond donors (Lipinski definition) is 0. The van der Waals surface area contributed by atoms with Crippen LogP contribution in [0.1, 0.15) is 0 Å². The number of rotatable bonds is 0. The molecule has 0 unspecified atom stereocenters. The van der Waals surface area contributed by atoms with E-state index in [1.807, 2.05) is 0 Å². The molecule has 0 aromatic heterocycles. The van der Waals surface area contributed by atoms with Crippen molar-refractivity contribution < 1.29 is 62.8 Å². The molecule has 28 valence electrons. The maximum atomic E-state index is 0. The zero-order valence-electron chi connectivity index (χ0n) is 2.13. The topological polar surface area (TPSA) is 0 Å². The average molecular weight is 332 g/mol. The van der Waals surface area contributed by atoms with Crippen LogP contribution in [0.3, 0.4) is 0 Å². The van der Waals surface area contributed by atoms with Crippen molar-refractivity contribution in [2.75, 3.05) is 0 Å². The van der Waals surface area contributed by atoms with E-state index in [1.54, 1.807) is 0 Å². The van der Waals surface area contributed by atoms with Crippen LogP contribution in [-0.4, -0.2) is 0 Å². The van der Waals surface area contributed by atoms with Crippen LogP contribution in [-0.2, 0) is 61.6 Å². The van der Waals surface area contributed by atoms with Gasteiger partial charge >= 0.3 is 21.1 Å². The SMILES string of the molecule is [Ce].[Mo+6].[S-2].[S-2].[S-2]. The van der Waals surface area contributed by atoms with Crippen molar-refractivity contribution in [1.29, 1.82) is 0 Å². The molecule has 5 heavy (non-hydrogen) atoms. The minimum Gasteiger partial charge on any atom is -2.00 e. The summed E-state index contributed by atoms with van der Waals surface area (Å²) in [7, 11) is 0. The van der Waals surface area contributed by atoms with E-state index in [9.17, 15) is 0 Å². The molecule has 0 nitrogen and oxygen atoms in total. The van der Waals surface area contributed by atoms with Gasteiger partial charge in [0.25, 0.3) is 0 Å². The molecule has 0 aliphatic carbocycles. The van der Waals surface area contributed by atoms with E-state index in [-0.39, 0.29) is 103 Å². The van der Waals surface area contributed by atoms with Gasteiger partial charge in [-0.05, 0) is 0 Å². The molecule has 0 N–H and O–H groups in total. The van der Waals surface area contributed by atoms with E-state index >= 15 is 0 Å². The Morgan fingerprint density at radius 3 is 0.600 bits per heavy atom.